The molecule has 5 rings (SSSR count). The Labute approximate surface area is 165 Å². The fourth-order valence-electron chi connectivity index (χ4n) is 6.02. The maximum absolute atomic E-state index is 13.0. The highest BCUT2D eigenvalue weighted by molar-refractivity contribution is 5.96. The maximum atomic E-state index is 13.0. The third-order valence-electron chi connectivity index (χ3n) is 7.41. The van der Waals surface area contributed by atoms with Gasteiger partial charge in [0, 0.05) is 36.3 Å². The summed E-state index contributed by atoms with van der Waals surface area (Å²) >= 11 is 0. The molecule has 1 saturated carbocycles. The van der Waals surface area contributed by atoms with Crippen molar-refractivity contribution in [2.75, 3.05) is 20.8 Å². The first-order valence-electron chi connectivity index (χ1n) is 10.3. The van der Waals surface area contributed by atoms with Crippen molar-refractivity contribution in [3.63, 3.8) is 0 Å². The van der Waals surface area contributed by atoms with Crippen molar-refractivity contribution in [3.05, 3.63) is 40.7 Å². The van der Waals surface area contributed by atoms with E-state index in [1.807, 2.05) is 12.1 Å². The highest BCUT2D eigenvalue weighted by Crippen LogP contribution is 2.56. The summed E-state index contributed by atoms with van der Waals surface area (Å²) in [5.41, 5.74) is 3.39. The van der Waals surface area contributed by atoms with Crippen LogP contribution in [-0.4, -0.2) is 43.4 Å². The molecule has 0 spiro atoms. The Morgan fingerprint density at radius 2 is 2.00 bits per heavy atom. The molecule has 28 heavy (non-hydrogen) atoms. The van der Waals surface area contributed by atoms with E-state index in [0.29, 0.717) is 18.1 Å². The maximum Gasteiger partial charge on any atom is 0.225 e. The monoisotopic (exact) mass is 381 g/mol. The average molecular weight is 381 g/mol. The second kappa shape index (κ2) is 6.10. The Kier molecular flexibility index (Phi) is 3.87. The number of piperidine rings is 1. The largest absolute Gasteiger partial charge is 0.496 e. The quantitative estimate of drug-likeness (QED) is 0.808. The lowest BCUT2D eigenvalue weighted by Crippen LogP contribution is -2.63. The zero-order valence-electron chi connectivity index (χ0n) is 16.8. The zero-order valence-corrected chi connectivity index (χ0v) is 16.8. The zero-order chi connectivity index (χ0) is 19.6. The summed E-state index contributed by atoms with van der Waals surface area (Å²) in [7, 11) is 3.26. The number of benzene rings is 1. The van der Waals surface area contributed by atoms with Gasteiger partial charge in [0.15, 0.2) is 11.5 Å². The van der Waals surface area contributed by atoms with E-state index in [0.717, 1.165) is 43.5 Å². The number of hydrogen-bond donors (Lipinski definition) is 0. The van der Waals surface area contributed by atoms with Gasteiger partial charge in [-0.2, -0.15) is 0 Å². The molecule has 5 heteroatoms. The summed E-state index contributed by atoms with van der Waals surface area (Å²) in [6, 6.07) is 4.26. The van der Waals surface area contributed by atoms with Crippen LogP contribution in [0.3, 0.4) is 0 Å². The van der Waals surface area contributed by atoms with E-state index in [9.17, 15) is 9.59 Å². The predicted molar refractivity (Wildman–Crippen MR) is 104 cm³/mol. The van der Waals surface area contributed by atoms with Crippen LogP contribution in [0.5, 0.6) is 5.75 Å². The van der Waals surface area contributed by atoms with E-state index < -0.39 is 0 Å². The molecule has 4 aliphatic rings. The first kappa shape index (κ1) is 17.8. The van der Waals surface area contributed by atoms with E-state index in [2.05, 4.69) is 17.9 Å². The summed E-state index contributed by atoms with van der Waals surface area (Å²) in [6.45, 7) is 2.83. The first-order chi connectivity index (χ1) is 13.5. The molecule has 1 aromatic rings. The normalized spacial score (nSPS) is 30.9. The van der Waals surface area contributed by atoms with Crippen molar-refractivity contribution >= 4 is 11.7 Å². The Balaban J connectivity index is 1.69. The van der Waals surface area contributed by atoms with Gasteiger partial charge in [0.2, 0.25) is 5.91 Å². The summed E-state index contributed by atoms with van der Waals surface area (Å²) < 4.78 is 11.0. The average Bonchev–Trinajstić information content (AvgIpc) is 3.52. The van der Waals surface area contributed by atoms with Crippen LogP contribution in [0.25, 0.3) is 0 Å². The molecule has 1 saturated heterocycles. The number of carbonyl (C=O) groups is 2. The molecule has 5 nitrogen and oxygen atoms in total. The minimum atomic E-state index is -0.268. The van der Waals surface area contributed by atoms with Gasteiger partial charge in [0.25, 0.3) is 0 Å². The van der Waals surface area contributed by atoms with Crippen molar-refractivity contribution in [1.29, 1.82) is 0 Å². The molecule has 3 atom stereocenters. The molecular formula is C23H27NO4. The summed E-state index contributed by atoms with van der Waals surface area (Å²) in [5, 5.41) is 0. The Hall–Kier alpha value is -2.30. The molecule has 2 fully saturated rings. The van der Waals surface area contributed by atoms with Crippen molar-refractivity contribution in [1.82, 2.24) is 4.90 Å². The number of rotatable bonds is 3. The van der Waals surface area contributed by atoms with Crippen LogP contribution in [0.2, 0.25) is 0 Å². The summed E-state index contributed by atoms with van der Waals surface area (Å²) in [4.78, 5) is 28.0. The lowest BCUT2D eigenvalue weighted by Gasteiger charge is -2.57. The molecular weight excluding hydrogens is 354 g/mol. The van der Waals surface area contributed by atoms with E-state index in [1.54, 1.807) is 14.2 Å². The van der Waals surface area contributed by atoms with Crippen molar-refractivity contribution < 1.29 is 19.1 Å². The number of fused-ring (bicyclic) bond motifs is 1. The van der Waals surface area contributed by atoms with Gasteiger partial charge in [-0.25, -0.2) is 0 Å². The predicted octanol–water partition coefficient (Wildman–Crippen LogP) is 2.93. The highest BCUT2D eigenvalue weighted by atomic mass is 16.5. The molecule has 0 radical (unpaired) electrons. The Bertz CT molecular complexity index is 900. The molecule has 148 valence electrons. The molecule has 0 aromatic heterocycles. The third-order valence-corrected chi connectivity index (χ3v) is 7.41. The fourth-order valence-corrected chi connectivity index (χ4v) is 6.02. The van der Waals surface area contributed by atoms with Gasteiger partial charge in [-0.05, 0) is 61.4 Å². The van der Waals surface area contributed by atoms with E-state index in [1.165, 1.54) is 11.1 Å². The number of ketones is 1. The molecule has 2 bridgehead atoms. The summed E-state index contributed by atoms with van der Waals surface area (Å²) in [6.07, 6.45) is 6.13. The molecule has 1 aromatic carbocycles. The van der Waals surface area contributed by atoms with Crippen LogP contribution < -0.4 is 4.74 Å². The van der Waals surface area contributed by atoms with Crippen LogP contribution in [0.15, 0.2) is 24.0 Å². The second-order valence-electron chi connectivity index (χ2n) is 8.77. The standard InChI is InChI=1S/C23H27NO4/c1-13-19(27-2)7-6-15-10-17-16-11-20(28-3)18(25)12-23(16,21(13)15)8-9-24(17)22(26)14-4-5-14/h6-7,11,14,16-17H,4-5,8-10,12H2,1-3H3/t16?,17-,23+/m0/s1. The number of nitrogens with zero attached hydrogens (tertiary/aromatic N) is 1. The van der Waals surface area contributed by atoms with Gasteiger partial charge in [-0.3, -0.25) is 9.59 Å². The fraction of sp³-hybridized carbons (Fsp3) is 0.565. The highest BCUT2D eigenvalue weighted by Gasteiger charge is 2.58. The number of carbonyl (C=O) groups excluding carboxylic acids is 2. The lowest BCUT2D eigenvalue weighted by atomic mass is 9.53. The molecule has 1 unspecified atom stereocenters. The van der Waals surface area contributed by atoms with Crippen LogP contribution >= 0.6 is 0 Å². The van der Waals surface area contributed by atoms with E-state index >= 15 is 0 Å². The van der Waals surface area contributed by atoms with Gasteiger partial charge in [-0.1, -0.05) is 6.07 Å². The SMILES string of the molecule is COC1=CC2[C@@H]3Cc4ccc(OC)c(C)c4[C@]2(CCN3C(=O)C2CC2)CC1=O. The third kappa shape index (κ3) is 2.31. The molecule has 1 heterocycles. The summed E-state index contributed by atoms with van der Waals surface area (Å²) in [5.74, 6) is 2.01. The van der Waals surface area contributed by atoms with Crippen LogP contribution in [0.1, 0.15) is 42.4 Å². The minimum Gasteiger partial charge on any atom is -0.496 e. The minimum absolute atomic E-state index is 0.0644. The van der Waals surface area contributed by atoms with Gasteiger partial charge < -0.3 is 14.4 Å². The molecule has 3 aliphatic carbocycles. The topological polar surface area (TPSA) is 55.8 Å². The number of allylic oxidation sites excluding steroid dienone is 1. The number of hydrogen-bond acceptors (Lipinski definition) is 4. The first-order valence-corrected chi connectivity index (χ1v) is 10.3. The van der Waals surface area contributed by atoms with Crippen molar-refractivity contribution in [2.45, 2.75) is 50.5 Å². The molecule has 0 N–H and O–H groups in total. The van der Waals surface area contributed by atoms with Gasteiger partial charge in [-0.15, -0.1) is 0 Å². The Morgan fingerprint density at radius 1 is 1.21 bits per heavy atom. The number of Topliss-reactive ketones (excluding diaryl/α,β-unsaturated/α-hetero) is 1. The number of ether oxygens (including phenoxy) is 2. The number of likely N-dealkylation sites (tertiary alicyclic amines) is 1. The van der Waals surface area contributed by atoms with E-state index in [-0.39, 0.29) is 29.1 Å². The van der Waals surface area contributed by atoms with Crippen LogP contribution in [0, 0.1) is 18.8 Å². The van der Waals surface area contributed by atoms with Gasteiger partial charge in [0.1, 0.15) is 5.75 Å². The van der Waals surface area contributed by atoms with Gasteiger partial charge in [0.05, 0.1) is 14.2 Å². The molecule has 1 amide bonds. The molecule has 1 aliphatic heterocycles. The number of amides is 1. The second-order valence-corrected chi connectivity index (χ2v) is 8.77. The van der Waals surface area contributed by atoms with Gasteiger partial charge >= 0.3 is 0 Å². The lowest BCUT2D eigenvalue weighted by molar-refractivity contribution is -0.140. The van der Waals surface area contributed by atoms with E-state index in [4.69, 9.17) is 9.47 Å². The van der Waals surface area contributed by atoms with Crippen LogP contribution in [0.4, 0.5) is 0 Å². The Morgan fingerprint density at radius 3 is 2.68 bits per heavy atom. The van der Waals surface area contributed by atoms with Crippen molar-refractivity contribution in [3.8, 4) is 5.75 Å². The van der Waals surface area contributed by atoms with Crippen LogP contribution in [-0.2, 0) is 26.2 Å². The number of methoxy groups -OCH3 is 2. The smallest absolute Gasteiger partial charge is 0.225 e. The van der Waals surface area contributed by atoms with Crippen molar-refractivity contribution in [2.24, 2.45) is 11.8 Å².